The lowest BCUT2D eigenvalue weighted by Crippen LogP contribution is -2.30. The Morgan fingerprint density at radius 2 is 2.17 bits per heavy atom. The third-order valence-corrected chi connectivity index (χ3v) is 2.95. The number of anilines is 1. The van der Waals surface area contributed by atoms with Crippen LogP contribution in [0.15, 0.2) is 0 Å². The monoisotopic (exact) mass is 272 g/mol. The fourth-order valence-electron chi connectivity index (χ4n) is 1.16. The molecule has 100 valence electrons. The van der Waals surface area contributed by atoms with Gasteiger partial charge >= 0.3 is 12.0 Å². The van der Waals surface area contributed by atoms with E-state index in [1.54, 1.807) is 0 Å². The van der Waals surface area contributed by atoms with Gasteiger partial charge in [0, 0.05) is 13.0 Å². The van der Waals surface area contributed by atoms with E-state index in [0.29, 0.717) is 5.13 Å². The fourth-order valence-corrected chi connectivity index (χ4v) is 1.93. The number of aryl methyl sites for hydroxylation is 1. The van der Waals surface area contributed by atoms with Crippen molar-refractivity contribution in [3.8, 4) is 0 Å². The van der Waals surface area contributed by atoms with Gasteiger partial charge in [-0.05, 0) is 6.42 Å². The van der Waals surface area contributed by atoms with Crippen LogP contribution in [0.3, 0.4) is 0 Å². The van der Waals surface area contributed by atoms with E-state index in [2.05, 4.69) is 27.8 Å². The molecule has 1 aromatic heterocycles. The van der Waals surface area contributed by atoms with Gasteiger partial charge in [0.2, 0.25) is 5.13 Å². The molecule has 0 aliphatic rings. The van der Waals surface area contributed by atoms with E-state index in [1.165, 1.54) is 11.3 Å². The number of nitrogens with one attached hydrogen (secondary N) is 2. The zero-order chi connectivity index (χ0) is 13.4. The van der Waals surface area contributed by atoms with Gasteiger partial charge in [-0.15, -0.1) is 10.2 Å². The van der Waals surface area contributed by atoms with E-state index >= 15 is 0 Å². The molecule has 1 heterocycles. The summed E-state index contributed by atoms with van der Waals surface area (Å²) in [7, 11) is 0. The molecule has 1 aromatic rings. The molecule has 0 atom stereocenters. The molecule has 0 aliphatic carbocycles. The topological polar surface area (TPSA) is 104 Å². The van der Waals surface area contributed by atoms with Gasteiger partial charge in [-0.25, -0.2) is 4.79 Å². The Balaban J connectivity index is 2.30. The van der Waals surface area contributed by atoms with Gasteiger partial charge in [-0.1, -0.05) is 24.7 Å². The van der Waals surface area contributed by atoms with Gasteiger partial charge in [0.1, 0.15) is 5.01 Å². The van der Waals surface area contributed by atoms with Crippen molar-refractivity contribution < 1.29 is 14.7 Å². The Hall–Kier alpha value is -1.70. The van der Waals surface area contributed by atoms with Crippen LogP contribution in [-0.4, -0.2) is 33.8 Å². The van der Waals surface area contributed by atoms with Crippen molar-refractivity contribution in [3.63, 3.8) is 0 Å². The summed E-state index contributed by atoms with van der Waals surface area (Å²) in [5.41, 5.74) is 0. The average Bonchev–Trinajstić information content (AvgIpc) is 2.73. The number of nitrogens with zero attached hydrogens (tertiary/aromatic N) is 2. The van der Waals surface area contributed by atoms with Crippen LogP contribution in [0.2, 0.25) is 0 Å². The van der Waals surface area contributed by atoms with Gasteiger partial charge in [0.05, 0.1) is 6.42 Å². The number of hydrogen-bond donors (Lipinski definition) is 3. The number of urea groups is 1. The van der Waals surface area contributed by atoms with E-state index in [-0.39, 0.29) is 13.0 Å². The molecule has 0 bridgehead atoms. The zero-order valence-corrected chi connectivity index (χ0v) is 10.9. The lowest BCUT2D eigenvalue weighted by molar-refractivity contribution is -0.136. The van der Waals surface area contributed by atoms with E-state index in [9.17, 15) is 9.59 Å². The van der Waals surface area contributed by atoms with E-state index in [4.69, 9.17) is 5.11 Å². The molecule has 0 fully saturated rings. The molecule has 0 saturated carbocycles. The minimum Gasteiger partial charge on any atom is -0.481 e. The fraction of sp³-hybridized carbons (Fsp3) is 0.600. The molecule has 8 heteroatoms. The number of rotatable bonds is 7. The maximum Gasteiger partial charge on any atom is 0.321 e. The first kappa shape index (κ1) is 14.4. The number of carbonyl (C=O) groups is 2. The van der Waals surface area contributed by atoms with Crippen molar-refractivity contribution in [1.82, 2.24) is 15.5 Å². The highest BCUT2D eigenvalue weighted by atomic mass is 32.1. The average molecular weight is 272 g/mol. The molecular formula is C10H16N4O3S. The molecule has 1 rings (SSSR count). The number of aromatic nitrogens is 2. The predicted octanol–water partition coefficient (Wildman–Crippen LogP) is 1.48. The van der Waals surface area contributed by atoms with Crippen LogP contribution in [0.25, 0.3) is 0 Å². The molecule has 7 nitrogen and oxygen atoms in total. The highest BCUT2D eigenvalue weighted by Crippen LogP contribution is 2.16. The molecule has 0 aliphatic heterocycles. The largest absolute Gasteiger partial charge is 0.481 e. The second-order valence-electron chi connectivity index (χ2n) is 3.63. The van der Waals surface area contributed by atoms with Crippen LogP contribution in [0.4, 0.5) is 9.93 Å². The van der Waals surface area contributed by atoms with E-state index in [0.717, 1.165) is 24.3 Å². The van der Waals surface area contributed by atoms with Crippen molar-refractivity contribution in [2.75, 3.05) is 11.9 Å². The third-order valence-electron chi connectivity index (χ3n) is 2.06. The maximum absolute atomic E-state index is 11.3. The van der Waals surface area contributed by atoms with Crippen molar-refractivity contribution in [3.05, 3.63) is 5.01 Å². The zero-order valence-electron chi connectivity index (χ0n) is 10.1. The molecule has 0 unspecified atom stereocenters. The molecule has 0 spiro atoms. The van der Waals surface area contributed by atoms with E-state index in [1.807, 2.05) is 0 Å². The summed E-state index contributed by atoms with van der Waals surface area (Å²) in [6.07, 6.45) is 2.87. The summed E-state index contributed by atoms with van der Waals surface area (Å²) in [4.78, 5) is 21.6. The van der Waals surface area contributed by atoms with Crippen LogP contribution in [0.5, 0.6) is 0 Å². The number of carboxylic acids is 1. The van der Waals surface area contributed by atoms with E-state index < -0.39 is 12.0 Å². The molecular weight excluding hydrogens is 256 g/mol. The number of aliphatic carboxylic acids is 1. The normalized spacial score (nSPS) is 10.1. The number of hydrogen-bond acceptors (Lipinski definition) is 5. The van der Waals surface area contributed by atoms with Crippen LogP contribution < -0.4 is 10.6 Å². The summed E-state index contributed by atoms with van der Waals surface area (Å²) in [6, 6.07) is -0.463. The lowest BCUT2D eigenvalue weighted by atomic mass is 10.3. The van der Waals surface area contributed by atoms with Crippen LogP contribution in [0.1, 0.15) is 31.2 Å². The highest BCUT2D eigenvalue weighted by molar-refractivity contribution is 7.15. The summed E-state index contributed by atoms with van der Waals surface area (Å²) in [5.74, 6) is -0.951. The first-order valence-electron chi connectivity index (χ1n) is 5.71. The van der Waals surface area contributed by atoms with Gasteiger partial charge in [-0.3, -0.25) is 10.1 Å². The Morgan fingerprint density at radius 3 is 2.83 bits per heavy atom. The minimum atomic E-state index is -0.951. The molecule has 3 N–H and O–H groups in total. The number of amides is 2. The van der Waals surface area contributed by atoms with Crippen molar-refractivity contribution in [2.45, 2.75) is 32.6 Å². The summed E-state index contributed by atoms with van der Waals surface area (Å²) >= 11 is 1.33. The van der Waals surface area contributed by atoms with Crippen molar-refractivity contribution in [2.24, 2.45) is 0 Å². The van der Waals surface area contributed by atoms with Gasteiger partial charge in [-0.2, -0.15) is 0 Å². The summed E-state index contributed by atoms with van der Waals surface area (Å²) < 4.78 is 0. The predicted molar refractivity (Wildman–Crippen MR) is 67.8 cm³/mol. The first-order chi connectivity index (χ1) is 8.61. The molecule has 0 saturated heterocycles. The van der Waals surface area contributed by atoms with Gasteiger partial charge in [0.25, 0.3) is 0 Å². The SMILES string of the molecule is CCCCc1nnc(NC(=O)NCCC(=O)O)s1. The van der Waals surface area contributed by atoms with Gasteiger partial charge < -0.3 is 10.4 Å². The van der Waals surface area contributed by atoms with Crippen molar-refractivity contribution in [1.29, 1.82) is 0 Å². The highest BCUT2D eigenvalue weighted by Gasteiger charge is 2.07. The standard InChI is InChI=1S/C10H16N4O3S/c1-2-3-4-7-13-14-10(18-7)12-9(17)11-6-5-8(15)16/h2-6H2,1H3,(H,15,16)(H2,11,12,14,17). The number of unbranched alkanes of at least 4 members (excludes halogenated alkanes) is 1. The quantitative estimate of drug-likeness (QED) is 0.697. The summed E-state index contributed by atoms with van der Waals surface area (Å²) in [5, 5.41) is 22.4. The Kier molecular flexibility index (Phi) is 6.06. The molecule has 0 aromatic carbocycles. The lowest BCUT2D eigenvalue weighted by Gasteiger charge is -2.02. The van der Waals surface area contributed by atoms with Crippen LogP contribution >= 0.6 is 11.3 Å². The van der Waals surface area contributed by atoms with Gasteiger partial charge in [0.15, 0.2) is 0 Å². The molecule has 2 amide bonds. The number of carbonyl (C=O) groups excluding carboxylic acids is 1. The Bertz CT molecular complexity index is 408. The first-order valence-corrected chi connectivity index (χ1v) is 6.52. The second kappa shape index (κ2) is 7.59. The Labute approximate surface area is 109 Å². The molecule has 0 radical (unpaired) electrons. The third kappa shape index (κ3) is 5.58. The minimum absolute atomic E-state index is 0.0860. The maximum atomic E-state index is 11.3. The smallest absolute Gasteiger partial charge is 0.321 e. The molecule has 18 heavy (non-hydrogen) atoms. The van der Waals surface area contributed by atoms with Crippen LogP contribution in [-0.2, 0) is 11.2 Å². The van der Waals surface area contributed by atoms with Crippen LogP contribution in [0, 0.1) is 0 Å². The number of carboxylic acid groups (broad SMARTS) is 1. The second-order valence-corrected chi connectivity index (χ2v) is 4.69. The summed E-state index contributed by atoms with van der Waals surface area (Å²) in [6.45, 7) is 2.18. The Morgan fingerprint density at radius 1 is 1.39 bits per heavy atom. The van der Waals surface area contributed by atoms with Crippen molar-refractivity contribution >= 4 is 28.5 Å².